The van der Waals surface area contributed by atoms with E-state index in [0.717, 1.165) is 12.6 Å². The number of hydrogen-bond acceptors (Lipinski definition) is 3. The molecule has 3 nitrogen and oxygen atoms in total. The van der Waals surface area contributed by atoms with Crippen molar-refractivity contribution in [3.8, 4) is 0 Å². The Morgan fingerprint density at radius 2 is 1.94 bits per heavy atom. The van der Waals surface area contributed by atoms with Crippen LogP contribution in [-0.4, -0.2) is 38.5 Å². The van der Waals surface area contributed by atoms with Gasteiger partial charge in [-0.2, -0.15) is 0 Å². The van der Waals surface area contributed by atoms with Gasteiger partial charge in [-0.3, -0.25) is 0 Å². The van der Waals surface area contributed by atoms with E-state index in [0.29, 0.717) is 12.7 Å². The molecule has 1 saturated carbocycles. The fourth-order valence-electron chi connectivity index (χ4n) is 2.35. The van der Waals surface area contributed by atoms with Crippen molar-refractivity contribution in [2.45, 2.75) is 64.2 Å². The number of nitrogens with one attached hydrogen (secondary N) is 1. The predicted octanol–water partition coefficient (Wildman–Crippen LogP) is 2.35. The molecular weight excluding hydrogens is 202 g/mol. The topological polar surface area (TPSA) is 30.5 Å². The van der Waals surface area contributed by atoms with Crippen LogP contribution in [-0.2, 0) is 9.47 Å². The predicted molar refractivity (Wildman–Crippen MR) is 66.8 cm³/mol. The maximum atomic E-state index is 5.93. The second-order valence-corrected chi connectivity index (χ2v) is 4.83. The smallest absolute Gasteiger partial charge is 0.0784 e. The van der Waals surface area contributed by atoms with E-state index >= 15 is 0 Å². The van der Waals surface area contributed by atoms with E-state index in [4.69, 9.17) is 9.47 Å². The summed E-state index contributed by atoms with van der Waals surface area (Å²) in [4.78, 5) is 0. The Morgan fingerprint density at radius 3 is 2.50 bits per heavy atom. The third-order valence-electron chi connectivity index (χ3n) is 3.18. The van der Waals surface area contributed by atoms with Crippen molar-refractivity contribution in [2.24, 2.45) is 0 Å². The molecule has 0 aromatic rings. The Labute approximate surface area is 99.9 Å². The molecule has 0 heterocycles. The lowest BCUT2D eigenvalue weighted by atomic mass is 9.93. The SMILES string of the molecule is CCCNC1CCC(OC(C)COC)CC1. The fourth-order valence-corrected chi connectivity index (χ4v) is 2.35. The molecule has 0 saturated heterocycles. The Morgan fingerprint density at radius 1 is 1.25 bits per heavy atom. The van der Waals surface area contributed by atoms with Gasteiger partial charge in [-0.25, -0.2) is 0 Å². The molecule has 96 valence electrons. The van der Waals surface area contributed by atoms with Crippen molar-refractivity contribution in [3.63, 3.8) is 0 Å². The normalized spacial score (nSPS) is 27.9. The van der Waals surface area contributed by atoms with Crippen LogP contribution < -0.4 is 5.32 Å². The maximum absolute atomic E-state index is 5.93. The molecule has 1 N–H and O–H groups in total. The van der Waals surface area contributed by atoms with Crippen molar-refractivity contribution in [1.82, 2.24) is 5.32 Å². The first-order valence-electron chi connectivity index (χ1n) is 6.64. The molecular formula is C13H27NO2. The summed E-state index contributed by atoms with van der Waals surface area (Å²) in [5.41, 5.74) is 0. The van der Waals surface area contributed by atoms with Crippen LogP contribution in [0.25, 0.3) is 0 Å². The van der Waals surface area contributed by atoms with E-state index in [-0.39, 0.29) is 6.10 Å². The summed E-state index contributed by atoms with van der Waals surface area (Å²) in [6, 6.07) is 0.720. The van der Waals surface area contributed by atoms with Crippen LogP contribution in [0.2, 0.25) is 0 Å². The van der Waals surface area contributed by atoms with Gasteiger partial charge < -0.3 is 14.8 Å². The molecule has 1 atom stereocenters. The highest BCUT2D eigenvalue weighted by atomic mass is 16.5. The highest BCUT2D eigenvalue weighted by Crippen LogP contribution is 2.22. The summed E-state index contributed by atoms with van der Waals surface area (Å²) in [7, 11) is 1.73. The van der Waals surface area contributed by atoms with Gasteiger partial charge in [0.1, 0.15) is 0 Å². The largest absolute Gasteiger partial charge is 0.382 e. The Hall–Kier alpha value is -0.120. The zero-order chi connectivity index (χ0) is 11.8. The lowest BCUT2D eigenvalue weighted by Crippen LogP contribution is -2.37. The van der Waals surface area contributed by atoms with E-state index in [1.54, 1.807) is 7.11 Å². The maximum Gasteiger partial charge on any atom is 0.0784 e. The Balaban J connectivity index is 2.11. The molecule has 3 heteroatoms. The van der Waals surface area contributed by atoms with Crippen LogP contribution in [0.15, 0.2) is 0 Å². The second kappa shape index (κ2) is 8.04. The van der Waals surface area contributed by atoms with Crippen LogP contribution in [0.4, 0.5) is 0 Å². The summed E-state index contributed by atoms with van der Waals surface area (Å²) < 4.78 is 11.0. The van der Waals surface area contributed by atoms with E-state index in [9.17, 15) is 0 Å². The third-order valence-corrected chi connectivity index (χ3v) is 3.18. The van der Waals surface area contributed by atoms with Crippen molar-refractivity contribution < 1.29 is 9.47 Å². The molecule has 16 heavy (non-hydrogen) atoms. The van der Waals surface area contributed by atoms with Gasteiger partial charge in [-0.15, -0.1) is 0 Å². The van der Waals surface area contributed by atoms with Crippen LogP contribution >= 0.6 is 0 Å². The lowest BCUT2D eigenvalue weighted by molar-refractivity contribution is -0.0544. The zero-order valence-electron chi connectivity index (χ0n) is 11.0. The first-order chi connectivity index (χ1) is 7.76. The van der Waals surface area contributed by atoms with Gasteiger partial charge in [0, 0.05) is 13.2 Å². The number of ether oxygens (including phenoxy) is 2. The van der Waals surface area contributed by atoms with Crippen molar-refractivity contribution in [3.05, 3.63) is 0 Å². The van der Waals surface area contributed by atoms with Gasteiger partial charge in [0.2, 0.25) is 0 Å². The Kier molecular flexibility index (Phi) is 7.01. The molecule has 1 aliphatic rings. The summed E-state index contributed by atoms with van der Waals surface area (Å²) in [5.74, 6) is 0. The quantitative estimate of drug-likeness (QED) is 0.727. The second-order valence-electron chi connectivity index (χ2n) is 4.83. The summed E-state index contributed by atoms with van der Waals surface area (Å²) in [6.45, 7) is 6.16. The molecule has 0 aromatic heterocycles. The molecule has 0 amide bonds. The third kappa shape index (κ3) is 5.28. The first-order valence-corrected chi connectivity index (χ1v) is 6.64. The molecule has 1 rings (SSSR count). The minimum atomic E-state index is 0.232. The average Bonchev–Trinajstić information content (AvgIpc) is 2.28. The number of rotatable bonds is 7. The molecule has 0 radical (unpaired) electrons. The van der Waals surface area contributed by atoms with E-state index in [1.807, 2.05) is 0 Å². The molecule has 0 aliphatic heterocycles. The van der Waals surface area contributed by atoms with Gasteiger partial charge in [0.15, 0.2) is 0 Å². The van der Waals surface area contributed by atoms with Gasteiger partial charge in [-0.05, 0) is 45.6 Å². The molecule has 0 bridgehead atoms. The van der Waals surface area contributed by atoms with Crippen molar-refractivity contribution in [1.29, 1.82) is 0 Å². The highest BCUT2D eigenvalue weighted by molar-refractivity contribution is 4.77. The fraction of sp³-hybridized carbons (Fsp3) is 1.00. The lowest BCUT2D eigenvalue weighted by Gasteiger charge is -2.30. The summed E-state index contributed by atoms with van der Waals surface area (Å²) in [5, 5.41) is 3.59. The van der Waals surface area contributed by atoms with Crippen LogP contribution in [0.5, 0.6) is 0 Å². The van der Waals surface area contributed by atoms with Gasteiger partial charge in [0.25, 0.3) is 0 Å². The molecule has 0 spiro atoms. The van der Waals surface area contributed by atoms with Crippen molar-refractivity contribution in [2.75, 3.05) is 20.3 Å². The minimum absolute atomic E-state index is 0.232. The summed E-state index contributed by atoms with van der Waals surface area (Å²) >= 11 is 0. The standard InChI is InChI=1S/C13H27NO2/c1-4-9-14-12-5-7-13(8-6-12)16-11(2)10-15-3/h11-14H,4-10H2,1-3H3. The molecule has 1 aliphatic carbocycles. The first kappa shape index (κ1) is 13.9. The van der Waals surface area contributed by atoms with Gasteiger partial charge >= 0.3 is 0 Å². The van der Waals surface area contributed by atoms with Crippen LogP contribution in [0, 0.1) is 0 Å². The van der Waals surface area contributed by atoms with Gasteiger partial charge in [0.05, 0.1) is 18.8 Å². The van der Waals surface area contributed by atoms with E-state index in [1.165, 1.54) is 32.1 Å². The zero-order valence-corrected chi connectivity index (χ0v) is 11.0. The number of methoxy groups -OCH3 is 1. The molecule has 0 aromatic carbocycles. The average molecular weight is 229 g/mol. The minimum Gasteiger partial charge on any atom is -0.382 e. The van der Waals surface area contributed by atoms with E-state index < -0.39 is 0 Å². The Bertz CT molecular complexity index is 167. The monoisotopic (exact) mass is 229 g/mol. The van der Waals surface area contributed by atoms with E-state index in [2.05, 4.69) is 19.2 Å². The highest BCUT2D eigenvalue weighted by Gasteiger charge is 2.22. The van der Waals surface area contributed by atoms with Gasteiger partial charge in [-0.1, -0.05) is 6.92 Å². The van der Waals surface area contributed by atoms with Crippen LogP contribution in [0.1, 0.15) is 46.0 Å². The van der Waals surface area contributed by atoms with Crippen molar-refractivity contribution >= 4 is 0 Å². The number of hydrogen-bond donors (Lipinski definition) is 1. The molecule has 1 unspecified atom stereocenters. The van der Waals surface area contributed by atoms with Crippen LogP contribution in [0.3, 0.4) is 0 Å². The molecule has 1 fully saturated rings. The summed E-state index contributed by atoms with van der Waals surface area (Å²) in [6.07, 6.45) is 6.79.